The van der Waals surface area contributed by atoms with Crippen molar-refractivity contribution < 1.29 is 13.3 Å². The highest BCUT2D eigenvalue weighted by molar-refractivity contribution is 6.62. The Morgan fingerprint density at radius 2 is 1.48 bits per heavy atom. The molecule has 1 atom stereocenters. The minimum Gasteiger partial charge on any atom is -0.402 e. The Bertz CT molecular complexity index is 335. The van der Waals surface area contributed by atoms with E-state index >= 15 is 0 Å². The van der Waals surface area contributed by atoms with Gasteiger partial charge in [0.2, 0.25) is 0 Å². The van der Waals surface area contributed by atoms with Gasteiger partial charge >= 0.3 is 8.80 Å². The van der Waals surface area contributed by atoms with Gasteiger partial charge < -0.3 is 19.0 Å². The van der Waals surface area contributed by atoms with E-state index in [4.69, 9.17) is 19.0 Å². The molecule has 5 heteroatoms. The minimum atomic E-state index is -2.69. The highest BCUT2D eigenvalue weighted by Gasteiger charge is 2.48. The summed E-state index contributed by atoms with van der Waals surface area (Å²) in [6.45, 7) is 10.2. The summed E-state index contributed by atoms with van der Waals surface area (Å²) in [6.07, 6.45) is 9.21. The third-order valence-corrected chi connectivity index (χ3v) is 8.12. The number of hydrogen-bond donors (Lipinski definition) is 1. The second-order valence-electron chi connectivity index (χ2n) is 6.28. The zero-order chi connectivity index (χ0) is 17.1. The Morgan fingerprint density at radius 1 is 0.957 bits per heavy atom. The van der Waals surface area contributed by atoms with E-state index < -0.39 is 8.80 Å². The molecule has 1 unspecified atom stereocenters. The first-order valence-electron chi connectivity index (χ1n) is 9.51. The van der Waals surface area contributed by atoms with Crippen molar-refractivity contribution in [3.8, 4) is 0 Å². The van der Waals surface area contributed by atoms with Gasteiger partial charge in [-0.2, -0.15) is 0 Å². The lowest BCUT2D eigenvalue weighted by atomic mass is 9.92. The molecule has 0 aromatic carbocycles. The first-order valence-corrected chi connectivity index (χ1v) is 11.3. The van der Waals surface area contributed by atoms with Crippen molar-refractivity contribution in [1.29, 1.82) is 0 Å². The van der Waals surface area contributed by atoms with Gasteiger partial charge in [-0.3, -0.25) is 0 Å². The lowest BCUT2D eigenvalue weighted by molar-refractivity contribution is 0.0594. The van der Waals surface area contributed by atoms with Crippen LogP contribution in [0.15, 0.2) is 11.3 Å². The van der Waals surface area contributed by atoms with Crippen LogP contribution in [0.25, 0.3) is 0 Å². The average molecular weight is 344 g/mol. The predicted octanol–water partition coefficient (Wildman–Crippen LogP) is 4.77. The molecule has 1 aliphatic carbocycles. The minimum absolute atomic E-state index is 0.266. The summed E-state index contributed by atoms with van der Waals surface area (Å²) in [7, 11) is -2.69. The molecule has 136 valence electrons. The van der Waals surface area contributed by atoms with Crippen molar-refractivity contribution in [3.63, 3.8) is 0 Å². The number of hydrogen-bond acceptors (Lipinski definition) is 4. The number of nitrogens with two attached hydrogens (primary N) is 1. The molecule has 0 spiro atoms. The summed E-state index contributed by atoms with van der Waals surface area (Å²) in [5, 5.41) is 0. The maximum atomic E-state index is 6.50. The molecule has 0 heterocycles. The van der Waals surface area contributed by atoms with Gasteiger partial charge in [-0.15, -0.1) is 0 Å². The van der Waals surface area contributed by atoms with Gasteiger partial charge in [-0.25, -0.2) is 0 Å². The van der Waals surface area contributed by atoms with Crippen LogP contribution in [0.1, 0.15) is 79.1 Å². The average Bonchev–Trinajstić information content (AvgIpc) is 2.56. The third kappa shape index (κ3) is 6.22. The van der Waals surface area contributed by atoms with Crippen molar-refractivity contribution in [3.05, 3.63) is 11.3 Å². The van der Waals surface area contributed by atoms with Gasteiger partial charge in [-0.1, -0.05) is 25.3 Å². The van der Waals surface area contributed by atoms with Crippen LogP contribution in [0.3, 0.4) is 0 Å². The fraction of sp³-hybridized carbons (Fsp3) is 0.889. The van der Waals surface area contributed by atoms with Crippen LogP contribution in [0, 0.1) is 0 Å². The molecule has 2 N–H and O–H groups in total. The van der Waals surface area contributed by atoms with Crippen LogP contribution in [0.2, 0.25) is 5.54 Å². The van der Waals surface area contributed by atoms with Gasteiger partial charge in [0.05, 0.1) is 0 Å². The summed E-state index contributed by atoms with van der Waals surface area (Å²) in [5.41, 5.74) is 9.30. The van der Waals surface area contributed by atoms with Crippen molar-refractivity contribution in [2.75, 3.05) is 19.8 Å². The van der Waals surface area contributed by atoms with E-state index in [0.29, 0.717) is 19.8 Å². The second-order valence-corrected chi connectivity index (χ2v) is 9.17. The topological polar surface area (TPSA) is 53.7 Å². The Morgan fingerprint density at radius 3 is 1.91 bits per heavy atom. The summed E-state index contributed by atoms with van der Waals surface area (Å²) >= 11 is 0. The zero-order valence-electron chi connectivity index (χ0n) is 15.7. The largest absolute Gasteiger partial charge is 0.504 e. The van der Waals surface area contributed by atoms with Crippen LogP contribution in [0.5, 0.6) is 0 Å². The van der Waals surface area contributed by atoms with E-state index in [2.05, 4.69) is 6.92 Å². The van der Waals surface area contributed by atoms with E-state index in [9.17, 15) is 0 Å². The van der Waals surface area contributed by atoms with Crippen molar-refractivity contribution in [2.45, 2.75) is 84.6 Å². The normalized spacial score (nSPS) is 17.3. The molecule has 0 aliphatic heterocycles. The van der Waals surface area contributed by atoms with Crippen LogP contribution in [0.4, 0.5) is 0 Å². The molecule has 4 nitrogen and oxygen atoms in total. The third-order valence-electron chi connectivity index (χ3n) is 4.55. The van der Waals surface area contributed by atoms with Crippen LogP contribution < -0.4 is 5.73 Å². The maximum absolute atomic E-state index is 6.50. The molecule has 1 aliphatic rings. The Labute approximate surface area is 144 Å². The smallest absolute Gasteiger partial charge is 0.402 e. The summed E-state index contributed by atoms with van der Waals surface area (Å²) < 4.78 is 18.4. The molecular weight excluding hydrogens is 306 g/mol. The lowest BCUT2D eigenvalue weighted by Crippen LogP contribution is -2.50. The van der Waals surface area contributed by atoms with Gasteiger partial charge in [0, 0.05) is 31.1 Å². The molecule has 0 amide bonds. The summed E-state index contributed by atoms with van der Waals surface area (Å²) in [4.78, 5) is 0. The van der Waals surface area contributed by atoms with Gasteiger partial charge in [0.25, 0.3) is 0 Å². The summed E-state index contributed by atoms with van der Waals surface area (Å²) in [5.74, 6) is 0. The molecule has 0 aromatic rings. The van der Waals surface area contributed by atoms with E-state index in [-0.39, 0.29) is 5.54 Å². The van der Waals surface area contributed by atoms with E-state index in [1.165, 1.54) is 24.8 Å². The standard InChI is InChI=1S/C18H37NO3Si/c1-5-12-17(15-18(19)16-13-10-9-11-14-16)23(20-6-2,21-7-3)22-8-4/h17H,5-15,19H2,1-4H3. The lowest BCUT2D eigenvalue weighted by Gasteiger charge is -2.36. The van der Waals surface area contributed by atoms with Crippen molar-refractivity contribution >= 4 is 8.80 Å². The SMILES string of the molecule is CCCC(CC(N)=C1CCCCC1)[Si](OCC)(OCC)OCC. The van der Waals surface area contributed by atoms with Crippen molar-refractivity contribution in [1.82, 2.24) is 0 Å². The quantitative estimate of drug-likeness (QED) is 0.549. The highest BCUT2D eigenvalue weighted by Crippen LogP contribution is 2.37. The maximum Gasteiger partial charge on any atom is 0.504 e. The second kappa shape index (κ2) is 11.2. The van der Waals surface area contributed by atoms with Crippen molar-refractivity contribution in [2.24, 2.45) is 5.73 Å². The van der Waals surface area contributed by atoms with Gasteiger partial charge in [0.15, 0.2) is 0 Å². The van der Waals surface area contributed by atoms with E-state index in [1.807, 2.05) is 20.8 Å². The molecule has 1 fully saturated rings. The molecule has 0 aromatic heterocycles. The zero-order valence-corrected chi connectivity index (χ0v) is 16.7. The molecule has 1 rings (SSSR count). The molecule has 23 heavy (non-hydrogen) atoms. The molecule has 1 saturated carbocycles. The summed E-state index contributed by atoms with van der Waals surface area (Å²) in [6, 6.07) is 0. The van der Waals surface area contributed by atoms with Gasteiger partial charge in [0.1, 0.15) is 0 Å². The van der Waals surface area contributed by atoms with Crippen LogP contribution >= 0.6 is 0 Å². The van der Waals surface area contributed by atoms with E-state index in [1.54, 1.807) is 0 Å². The highest BCUT2D eigenvalue weighted by atomic mass is 28.4. The number of rotatable bonds is 11. The first kappa shape index (κ1) is 20.7. The first-order chi connectivity index (χ1) is 11.1. The van der Waals surface area contributed by atoms with Crippen LogP contribution in [-0.2, 0) is 13.3 Å². The molecule has 0 radical (unpaired) electrons. The Hall–Kier alpha value is -0.363. The predicted molar refractivity (Wildman–Crippen MR) is 98.2 cm³/mol. The molecular formula is C18H37NO3Si. The Balaban J connectivity index is 2.97. The monoisotopic (exact) mass is 343 g/mol. The van der Waals surface area contributed by atoms with Gasteiger partial charge in [-0.05, 0) is 59.3 Å². The fourth-order valence-electron chi connectivity index (χ4n) is 3.54. The number of allylic oxidation sites excluding steroid dienone is 2. The van der Waals surface area contributed by atoms with E-state index in [0.717, 1.165) is 37.8 Å². The molecule has 0 bridgehead atoms. The molecule has 0 saturated heterocycles. The Kier molecular flexibility index (Phi) is 10.1. The fourth-order valence-corrected chi connectivity index (χ4v) is 6.82. The van der Waals surface area contributed by atoms with Crippen LogP contribution in [-0.4, -0.2) is 28.6 Å².